The summed E-state index contributed by atoms with van der Waals surface area (Å²) in [5.41, 5.74) is 2.16. The number of hydrogen-bond acceptors (Lipinski definition) is 4. The van der Waals surface area contributed by atoms with Gasteiger partial charge in [-0.25, -0.2) is 0 Å². The molecule has 0 fully saturated rings. The standard InChI is InChI=1S/C20H22O5S/c1-5-7-10-16-14(3)12-13-18(26(21,22)23)20(16)25-19-15(6-2)9-8-11-17(19)24-4/h5-9,11-13H,2,10H2,1,3-4H3,(H,21,22,23). The molecule has 0 amide bonds. The quantitative estimate of drug-likeness (QED) is 0.556. The summed E-state index contributed by atoms with van der Waals surface area (Å²) < 4.78 is 44.8. The summed E-state index contributed by atoms with van der Waals surface area (Å²) in [5, 5.41) is 0. The average molecular weight is 374 g/mol. The first-order valence-corrected chi connectivity index (χ1v) is 9.45. The Morgan fingerprint density at radius 2 is 1.92 bits per heavy atom. The van der Waals surface area contributed by atoms with Crippen molar-refractivity contribution in [1.82, 2.24) is 0 Å². The van der Waals surface area contributed by atoms with Crippen molar-refractivity contribution in [2.45, 2.75) is 25.2 Å². The lowest BCUT2D eigenvalue weighted by atomic mass is 10.0. The van der Waals surface area contributed by atoms with Crippen LogP contribution in [0.15, 0.2) is 54.0 Å². The number of benzene rings is 2. The van der Waals surface area contributed by atoms with E-state index in [2.05, 4.69) is 6.58 Å². The molecule has 1 N–H and O–H groups in total. The average Bonchev–Trinajstić information content (AvgIpc) is 2.60. The van der Waals surface area contributed by atoms with E-state index >= 15 is 0 Å². The van der Waals surface area contributed by atoms with E-state index < -0.39 is 10.1 Å². The molecular formula is C20H22O5S. The maximum absolute atomic E-state index is 11.9. The number of hydrogen-bond donors (Lipinski definition) is 1. The maximum atomic E-state index is 11.9. The second-order valence-electron chi connectivity index (χ2n) is 5.62. The molecule has 0 saturated carbocycles. The van der Waals surface area contributed by atoms with Gasteiger partial charge in [0.2, 0.25) is 0 Å². The molecule has 0 atom stereocenters. The lowest BCUT2D eigenvalue weighted by Crippen LogP contribution is -2.06. The van der Waals surface area contributed by atoms with Gasteiger partial charge >= 0.3 is 0 Å². The Kier molecular flexibility index (Phi) is 6.23. The van der Waals surface area contributed by atoms with E-state index in [1.807, 2.05) is 26.0 Å². The van der Waals surface area contributed by atoms with Crippen LogP contribution in [0.1, 0.15) is 23.6 Å². The number of para-hydroxylation sites is 1. The third kappa shape index (κ3) is 4.15. The Morgan fingerprint density at radius 1 is 1.19 bits per heavy atom. The minimum absolute atomic E-state index is 0.0817. The highest BCUT2D eigenvalue weighted by Gasteiger charge is 2.23. The van der Waals surface area contributed by atoms with E-state index in [0.29, 0.717) is 29.0 Å². The SMILES string of the molecule is C=Cc1cccc(OC)c1Oc1c(S(=O)(=O)O)ccc(C)c1CC=CC. The molecule has 2 aromatic carbocycles. The van der Waals surface area contributed by atoms with Crippen molar-refractivity contribution >= 4 is 16.2 Å². The first-order chi connectivity index (χ1) is 12.3. The van der Waals surface area contributed by atoms with Crippen LogP contribution in [0.2, 0.25) is 0 Å². The van der Waals surface area contributed by atoms with Gasteiger partial charge in [0, 0.05) is 11.1 Å². The molecule has 0 unspecified atom stereocenters. The lowest BCUT2D eigenvalue weighted by molar-refractivity contribution is 0.372. The fourth-order valence-corrected chi connectivity index (χ4v) is 3.21. The molecule has 0 aliphatic carbocycles. The summed E-state index contributed by atoms with van der Waals surface area (Å²) in [6, 6.07) is 8.24. The maximum Gasteiger partial charge on any atom is 0.298 e. The van der Waals surface area contributed by atoms with E-state index in [1.165, 1.54) is 13.2 Å². The van der Waals surface area contributed by atoms with Crippen molar-refractivity contribution in [3.8, 4) is 17.2 Å². The largest absolute Gasteiger partial charge is 0.493 e. The van der Waals surface area contributed by atoms with Gasteiger partial charge in [-0.05, 0) is 38.0 Å². The molecule has 5 nitrogen and oxygen atoms in total. The van der Waals surface area contributed by atoms with Crippen molar-refractivity contribution in [2.75, 3.05) is 7.11 Å². The predicted molar refractivity (Wildman–Crippen MR) is 103 cm³/mol. The monoisotopic (exact) mass is 374 g/mol. The van der Waals surface area contributed by atoms with E-state index in [-0.39, 0.29) is 10.6 Å². The zero-order valence-electron chi connectivity index (χ0n) is 15.0. The van der Waals surface area contributed by atoms with Crippen LogP contribution in [0.5, 0.6) is 17.2 Å². The number of rotatable bonds is 7. The number of aryl methyl sites for hydroxylation is 1. The molecule has 0 aromatic heterocycles. The van der Waals surface area contributed by atoms with Crippen LogP contribution >= 0.6 is 0 Å². The molecule has 6 heteroatoms. The zero-order chi connectivity index (χ0) is 19.3. The van der Waals surface area contributed by atoms with Gasteiger partial charge in [-0.15, -0.1) is 0 Å². The van der Waals surface area contributed by atoms with Crippen LogP contribution < -0.4 is 9.47 Å². The molecule has 0 aliphatic rings. The van der Waals surface area contributed by atoms with E-state index in [1.54, 1.807) is 30.3 Å². The molecule has 2 aromatic rings. The molecule has 0 saturated heterocycles. The van der Waals surface area contributed by atoms with Crippen LogP contribution in [-0.4, -0.2) is 20.1 Å². The van der Waals surface area contributed by atoms with E-state index in [9.17, 15) is 13.0 Å². The number of ether oxygens (including phenoxy) is 2. The molecule has 0 aliphatic heterocycles. The van der Waals surface area contributed by atoms with Gasteiger partial charge in [0.05, 0.1) is 7.11 Å². The highest BCUT2D eigenvalue weighted by Crippen LogP contribution is 2.40. The number of allylic oxidation sites excluding steroid dienone is 2. The van der Waals surface area contributed by atoms with Crippen molar-refractivity contribution in [2.24, 2.45) is 0 Å². The molecule has 0 radical (unpaired) electrons. The Bertz CT molecular complexity index is 943. The summed E-state index contributed by atoms with van der Waals surface area (Å²) in [7, 11) is -2.98. The molecule has 26 heavy (non-hydrogen) atoms. The second-order valence-corrected chi connectivity index (χ2v) is 7.01. The zero-order valence-corrected chi connectivity index (χ0v) is 15.8. The van der Waals surface area contributed by atoms with Crippen LogP contribution in [0, 0.1) is 6.92 Å². The lowest BCUT2D eigenvalue weighted by Gasteiger charge is -2.18. The molecule has 0 heterocycles. The van der Waals surface area contributed by atoms with E-state index in [4.69, 9.17) is 9.47 Å². The Morgan fingerprint density at radius 3 is 2.50 bits per heavy atom. The van der Waals surface area contributed by atoms with Crippen LogP contribution in [0.25, 0.3) is 6.08 Å². The predicted octanol–water partition coefficient (Wildman–Crippen LogP) is 4.80. The van der Waals surface area contributed by atoms with Crippen LogP contribution in [-0.2, 0) is 16.5 Å². The minimum atomic E-state index is -4.47. The van der Waals surface area contributed by atoms with Gasteiger partial charge < -0.3 is 9.47 Å². The normalized spacial score (nSPS) is 11.5. The van der Waals surface area contributed by atoms with Crippen molar-refractivity contribution in [3.05, 3.63) is 65.8 Å². The summed E-state index contributed by atoms with van der Waals surface area (Å²) in [6.07, 6.45) is 5.80. The minimum Gasteiger partial charge on any atom is -0.493 e. The third-order valence-electron chi connectivity index (χ3n) is 3.95. The van der Waals surface area contributed by atoms with Crippen LogP contribution in [0.3, 0.4) is 0 Å². The van der Waals surface area contributed by atoms with Gasteiger partial charge in [0.15, 0.2) is 17.2 Å². The van der Waals surface area contributed by atoms with Gasteiger partial charge in [-0.1, -0.05) is 43.0 Å². The molecular weight excluding hydrogens is 352 g/mol. The van der Waals surface area contributed by atoms with Crippen molar-refractivity contribution in [1.29, 1.82) is 0 Å². The smallest absolute Gasteiger partial charge is 0.298 e. The van der Waals surface area contributed by atoms with Crippen LogP contribution in [0.4, 0.5) is 0 Å². The fourth-order valence-electron chi connectivity index (χ4n) is 2.57. The Balaban J connectivity index is 2.76. The van der Waals surface area contributed by atoms with Gasteiger partial charge in [-0.2, -0.15) is 8.42 Å². The summed E-state index contributed by atoms with van der Waals surface area (Å²) >= 11 is 0. The third-order valence-corrected chi connectivity index (χ3v) is 4.82. The summed E-state index contributed by atoms with van der Waals surface area (Å²) in [5.74, 6) is 0.850. The first-order valence-electron chi connectivity index (χ1n) is 8.01. The molecule has 2 rings (SSSR count). The van der Waals surface area contributed by atoms with Gasteiger partial charge in [0.25, 0.3) is 10.1 Å². The van der Waals surface area contributed by atoms with E-state index in [0.717, 1.165) is 5.56 Å². The highest BCUT2D eigenvalue weighted by molar-refractivity contribution is 7.86. The first kappa shape index (κ1) is 19.8. The van der Waals surface area contributed by atoms with Crippen molar-refractivity contribution < 1.29 is 22.4 Å². The molecule has 0 spiro atoms. The second kappa shape index (κ2) is 8.21. The van der Waals surface area contributed by atoms with Gasteiger partial charge in [0.1, 0.15) is 4.90 Å². The Hall–Kier alpha value is -2.57. The summed E-state index contributed by atoms with van der Waals surface area (Å²) in [6.45, 7) is 7.49. The fraction of sp³-hybridized carbons (Fsp3) is 0.200. The Labute approximate surface area is 154 Å². The van der Waals surface area contributed by atoms with Gasteiger partial charge in [-0.3, -0.25) is 4.55 Å². The van der Waals surface area contributed by atoms with Crippen molar-refractivity contribution in [3.63, 3.8) is 0 Å². The highest BCUT2D eigenvalue weighted by atomic mass is 32.2. The molecule has 138 valence electrons. The summed E-state index contributed by atoms with van der Waals surface area (Å²) in [4.78, 5) is -0.288. The molecule has 0 bridgehead atoms. The topological polar surface area (TPSA) is 72.8 Å². The number of methoxy groups -OCH3 is 1.